The van der Waals surface area contributed by atoms with Crippen LogP contribution in [0.2, 0.25) is 0 Å². The Morgan fingerprint density at radius 2 is 2.20 bits per heavy atom. The van der Waals surface area contributed by atoms with Gasteiger partial charge in [0.15, 0.2) is 11.5 Å². The van der Waals surface area contributed by atoms with Crippen LogP contribution in [0.1, 0.15) is 26.2 Å². The molecular formula is C10H13N5. The summed E-state index contributed by atoms with van der Waals surface area (Å²) < 4.78 is 0. The molecule has 2 N–H and O–H groups in total. The second-order valence-electron chi connectivity index (χ2n) is 4.36. The van der Waals surface area contributed by atoms with Crippen LogP contribution in [0, 0.1) is 0 Å². The lowest BCUT2D eigenvalue weighted by Gasteiger charge is -2.39. The molecule has 0 saturated heterocycles. The van der Waals surface area contributed by atoms with Gasteiger partial charge >= 0.3 is 0 Å². The van der Waals surface area contributed by atoms with Crippen molar-refractivity contribution in [2.45, 2.75) is 31.7 Å². The third-order valence-electron chi connectivity index (χ3n) is 3.10. The van der Waals surface area contributed by atoms with E-state index in [0.29, 0.717) is 0 Å². The first-order valence-electron chi connectivity index (χ1n) is 5.19. The molecular weight excluding hydrogens is 190 g/mol. The highest BCUT2D eigenvalue weighted by molar-refractivity contribution is 5.82. The highest BCUT2D eigenvalue weighted by atomic mass is 15.1. The van der Waals surface area contributed by atoms with Crippen LogP contribution in [0.5, 0.6) is 0 Å². The molecule has 78 valence electrons. The normalized spacial score (nSPS) is 18.7. The summed E-state index contributed by atoms with van der Waals surface area (Å²) in [5.41, 5.74) is 1.81. The molecule has 2 aromatic rings. The van der Waals surface area contributed by atoms with E-state index >= 15 is 0 Å². The standard InChI is InChI=1S/C10H13N5/c1-10(3-2-4-10)15-9-7-8(12-5-11-7)13-6-14-9/h5-6H,2-4H2,1H3,(H2,11,12,13,14,15). The molecule has 5 heteroatoms. The Bertz CT molecular complexity index is 485. The molecule has 1 aliphatic rings. The van der Waals surface area contributed by atoms with Crippen molar-refractivity contribution in [2.24, 2.45) is 0 Å². The van der Waals surface area contributed by atoms with Crippen molar-refractivity contribution in [1.82, 2.24) is 19.9 Å². The lowest BCUT2D eigenvalue weighted by atomic mass is 9.78. The molecule has 0 unspecified atom stereocenters. The molecule has 0 atom stereocenters. The van der Waals surface area contributed by atoms with Gasteiger partial charge in [0.1, 0.15) is 11.8 Å². The quantitative estimate of drug-likeness (QED) is 0.779. The smallest absolute Gasteiger partial charge is 0.182 e. The number of hydrogen-bond donors (Lipinski definition) is 2. The SMILES string of the molecule is CC1(Nc2ncnc3nc[nH]c23)CCC1. The van der Waals surface area contributed by atoms with E-state index in [4.69, 9.17) is 0 Å². The van der Waals surface area contributed by atoms with E-state index < -0.39 is 0 Å². The fourth-order valence-electron chi connectivity index (χ4n) is 1.98. The summed E-state index contributed by atoms with van der Waals surface area (Å²) in [5.74, 6) is 0.861. The van der Waals surface area contributed by atoms with Gasteiger partial charge in [-0.1, -0.05) is 0 Å². The van der Waals surface area contributed by atoms with Crippen molar-refractivity contribution in [3.63, 3.8) is 0 Å². The van der Waals surface area contributed by atoms with Crippen LogP contribution in [0.25, 0.3) is 11.2 Å². The van der Waals surface area contributed by atoms with Gasteiger partial charge in [0.25, 0.3) is 0 Å². The van der Waals surface area contributed by atoms with Gasteiger partial charge in [0.2, 0.25) is 0 Å². The average molecular weight is 203 g/mol. The molecule has 0 radical (unpaired) electrons. The van der Waals surface area contributed by atoms with Crippen molar-refractivity contribution in [3.05, 3.63) is 12.7 Å². The van der Waals surface area contributed by atoms with Crippen LogP contribution in [-0.4, -0.2) is 25.5 Å². The first-order valence-corrected chi connectivity index (χ1v) is 5.19. The van der Waals surface area contributed by atoms with Gasteiger partial charge < -0.3 is 10.3 Å². The molecule has 15 heavy (non-hydrogen) atoms. The summed E-state index contributed by atoms with van der Waals surface area (Å²) in [7, 11) is 0. The summed E-state index contributed by atoms with van der Waals surface area (Å²) in [4.78, 5) is 15.5. The predicted molar refractivity (Wildman–Crippen MR) is 57.6 cm³/mol. The second-order valence-corrected chi connectivity index (χ2v) is 4.36. The van der Waals surface area contributed by atoms with E-state index in [0.717, 1.165) is 17.0 Å². The van der Waals surface area contributed by atoms with Crippen molar-refractivity contribution >= 4 is 17.0 Å². The number of nitrogens with zero attached hydrogens (tertiary/aromatic N) is 3. The molecule has 1 saturated carbocycles. The van der Waals surface area contributed by atoms with E-state index in [1.165, 1.54) is 19.3 Å². The first-order chi connectivity index (χ1) is 7.27. The Labute approximate surface area is 87.3 Å². The molecule has 1 aliphatic carbocycles. The monoisotopic (exact) mass is 203 g/mol. The number of nitrogens with one attached hydrogen (secondary N) is 2. The number of aromatic nitrogens is 4. The Balaban J connectivity index is 1.99. The van der Waals surface area contributed by atoms with Gasteiger partial charge in [-0.2, -0.15) is 0 Å². The Morgan fingerprint density at radius 3 is 2.93 bits per heavy atom. The van der Waals surface area contributed by atoms with E-state index in [1.807, 2.05) is 0 Å². The highest BCUT2D eigenvalue weighted by Gasteiger charge is 2.32. The molecule has 0 amide bonds. The average Bonchev–Trinajstić information content (AvgIpc) is 2.64. The number of fused-ring (bicyclic) bond motifs is 1. The molecule has 0 bridgehead atoms. The van der Waals surface area contributed by atoms with Crippen LogP contribution >= 0.6 is 0 Å². The van der Waals surface area contributed by atoms with E-state index in [-0.39, 0.29) is 5.54 Å². The third-order valence-corrected chi connectivity index (χ3v) is 3.10. The summed E-state index contributed by atoms with van der Waals surface area (Å²) in [6, 6.07) is 0. The van der Waals surface area contributed by atoms with E-state index in [1.54, 1.807) is 12.7 Å². The zero-order valence-corrected chi connectivity index (χ0v) is 8.62. The summed E-state index contributed by atoms with van der Waals surface area (Å²) in [6.07, 6.45) is 6.89. The number of rotatable bonds is 2. The maximum Gasteiger partial charge on any atom is 0.182 e. The molecule has 5 nitrogen and oxygen atoms in total. The number of H-pyrrole nitrogens is 1. The zero-order valence-electron chi connectivity index (χ0n) is 8.62. The summed E-state index contributed by atoms with van der Waals surface area (Å²) in [6.45, 7) is 2.22. The van der Waals surface area contributed by atoms with Crippen molar-refractivity contribution in [3.8, 4) is 0 Å². The maximum atomic E-state index is 4.25. The van der Waals surface area contributed by atoms with Crippen molar-refractivity contribution in [2.75, 3.05) is 5.32 Å². The van der Waals surface area contributed by atoms with Gasteiger partial charge in [-0.3, -0.25) is 0 Å². The molecule has 0 aromatic carbocycles. The highest BCUT2D eigenvalue weighted by Crippen LogP contribution is 2.35. The molecule has 3 rings (SSSR count). The Kier molecular flexibility index (Phi) is 1.68. The molecule has 0 spiro atoms. The minimum Gasteiger partial charge on any atom is -0.363 e. The molecule has 0 aliphatic heterocycles. The number of anilines is 1. The van der Waals surface area contributed by atoms with Gasteiger partial charge in [-0.25, -0.2) is 15.0 Å². The summed E-state index contributed by atoms with van der Waals surface area (Å²) >= 11 is 0. The van der Waals surface area contributed by atoms with Crippen molar-refractivity contribution < 1.29 is 0 Å². The largest absolute Gasteiger partial charge is 0.363 e. The number of imidazole rings is 1. The van der Waals surface area contributed by atoms with Crippen LogP contribution < -0.4 is 5.32 Å². The fourth-order valence-corrected chi connectivity index (χ4v) is 1.98. The number of hydrogen-bond acceptors (Lipinski definition) is 4. The lowest BCUT2D eigenvalue weighted by molar-refractivity contribution is 0.306. The minimum absolute atomic E-state index is 0.201. The zero-order chi connectivity index (χ0) is 10.3. The third kappa shape index (κ3) is 1.35. The Hall–Kier alpha value is -1.65. The van der Waals surface area contributed by atoms with E-state index in [9.17, 15) is 0 Å². The van der Waals surface area contributed by atoms with Crippen LogP contribution in [0.3, 0.4) is 0 Å². The summed E-state index contributed by atoms with van der Waals surface area (Å²) in [5, 5.41) is 3.46. The fraction of sp³-hybridized carbons (Fsp3) is 0.500. The van der Waals surface area contributed by atoms with Crippen LogP contribution in [-0.2, 0) is 0 Å². The topological polar surface area (TPSA) is 66.5 Å². The van der Waals surface area contributed by atoms with Gasteiger partial charge in [0.05, 0.1) is 6.33 Å². The lowest BCUT2D eigenvalue weighted by Crippen LogP contribution is -2.41. The predicted octanol–water partition coefficient (Wildman–Crippen LogP) is 1.71. The van der Waals surface area contributed by atoms with Crippen molar-refractivity contribution in [1.29, 1.82) is 0 Å². The second kappa shape index (κ2) is 2.92. The maximum absolute atomic E-state index is 4.25. The number of aromatic amines is 1. The molecule has 2 aromatic heterocycles. The van der Waals surface area contributed by atoms with Crippen LogP contribution in [0.15, 0.2) is 12.7 Å². The van der Waals surface area contributed by atoms with Gasteiger partial charge in [-0.15, -0.1) is 0 Å². The minimum atomic E-state index is 0.201. The van der Waals surface area contributed by atoms with Gasteiger partial charge in [0, 0.05) is 5.54 Å². The molecule has 1 fully saturated rings. The Morgan fingerprint density at radius 1 is 1.33 bits per heavy atom. The first kappa shape index (κ1) is 8.64. The van der Waals surface area contributed by atoms with E-state index in [2.05, 4.69) is 32.2 Å². The van der Waals surface area contributed by atoms with Crippen LogP contribution in [0.4, 0.5) is 5.82 Å². The molecule has 2 heterocycles. The van der Waals surface area contributed by atoms with Gasteiger partial charge in [-0.05, 0) is 26.2 Å².